The molecule has 1 aliphatic rings. The minimum absolute atomic E-state index is 0.689. The summed E-state index contributed by atoms with van der Waals surface area (Å²) in [6.45, 7) is 0. The first-order valence-electron chi connectivity index (χ1n) is 6.57. The Morgan fingerprint density at radius 3 is 2.74 bits per heavy atom. The van der Waals surface area contributed by atoms with Crippen LogP contribution in [0.2, 0.25) is 0 Å². The van der Waals surface area contributed by atoms with Gasteiger partial charge in [0.25, 0.3) is 0 Å². The Morgan fingerprint density at radius 2 is 2.00 bits per heavy atom. The first kappa shape index (κ1) is 12.4. The smallest absolute Gasteiger partial charge is 0.329 e. The molecule has 3 rings (SSSR count). The lowest BCUT2D eigenvalue weighted by molar-refractivity contribution is -0.143. The van der Waals surface area contributed by atoms with Gasteiger partial charge < -0.3 is 10.4 Å². The maximum absolute atomic E-state index is 11.7. The number of hydrogen-bond donors (Lipinski definition) is 2. The van der Waals surface area contributed by atoms with Crippen molar-refractivity contribution in [2.45, 2.75) is 37.6 Å². The predicted octanol–water partition coefficient (Wildman–Crippen LogP) is 3.50. The van der Waals surface area contributed by atoms with Crippen molar-refractivity contribution in [3.63, 3.8) is 0 Å². The van der Waals surface area contributed by atoms with Crippen molar-refractivity contribution in [3.05, 3.63) is 24.3 Å². The van der Waals surface area contributed by atoms with Gasteiger partial charge in [0.2, 0.25) is 0 Å². The van der Waals surface area contributed by atoms with Crippen LogP contribution in [0.3, 0.4) is 0 Å². The van der Waals surface area contributed by atoms with Gasteiger partial charge in [-0.05, 0) is 36.5 Å². The number of nitrogens with one attached hydrogen (secondary N) is 1. The Hall–Kier alpha value is -1.62. The van der Waals surface area contributed by atoms with Gasteiger partial charge in [-0.15, -0.1) is 0 Å². The van der Waals surface area contributed by atoms with Gasteiger partial charge in [0.1, 0.15) is 10.5 Å². The number of carboxylic acids is 1. The summed E-state index contributed by atoms with van der Waals surface area (Å²) in [7, 11) is 0. The third-order valence-electron chi connectivity index (χ3n) is 3.85. The largest absolute Gasteiger partial charge is 0.480 e. The summed E-state index contributed by atoms with van der Waals surface area (Å²) in [5, 5.41) is 14.7. The van der Waals surface area contributed by atoms with Crippen LogP contribution in [-0.2, 0) is 4.79 Å². The molecule has 0 unspecified atom stereocenters. The number of anilines is 1. The summed E-state index contributed by atoms with van der Waals surface area (Å²) in [6, 6.07) is 7.83. The SMILES string of the molecule is O=C(O)C1(Nc2snc3ccccc23)CCCCC1. The van der Waals surface area contributed by atoms with Crippen LogP contribution in [0.1, 0.15) is 32.1 Å². The molecule has 0 radical (unpaired) electrons. The van der Waals surface area contributed by atoms with Crippen molar-refractivity contribution in [2.75, 3.05) is 5.32 Å². The van der Waals surface area contributed by atoms with Crippen LogP contribution in [0.4, 0.5) is 5.00 Å². The fourth-order valence-electron chi connectivity index (χ4n) is 2.74. The Balaban J connectivity index is 1.96. The molecular weight excluding hydrogens is 260 g/mol. The van der Waals surface area contributed by atoms with Crippen LogP contribution < -0.4 is 5.32 Å². The number of fused-ring (bicyclic) bond motifs is 1. The monoisotopic (exact) mass is 276 g/mol. The molecule has 0 amide bonds. The van der Waals surface area contributed by atoms with Crippen LogP contribution in [0.15, 0.2) is 24.3 Å². The molecule has 0 atom stereocenters. The normalized spacial score (nSPS) is 18.3. The number of aromatic nitrogens is 1. The molecule has 19 heavy (non-hydrogen) atoms. The highest BCUT2D eigenvalue weighted by Crippen LogP contribution is 2.36. The van der Waals surface area contributed by atoms with Gasteiger partial charge in [0.05, 0.1) is 5.52 Å². The van der Waals surface area contributed by atoms with E-state index in [0.717, 1.165) is 35.2 Å². The van der Waals surface area contributed by atoms with E-state index < -0.39 is 11.5 Å². The predicted molar refractivity (Wildman–Crippen MR) is 76.7 cm³/mol. The van der Waals surface area contributed by atoms with Crippen LogP contribution in [-0.4, -0.2) is 21.0 Å². The fourth-order valence-corrected chi connectivity index (χ4v) is 3.61. The van der Waals surface area contributed by atoms with Crippen molar-refractivity contribution in [1.29, 1.82) is 0 Å². The van der Waals surface area contributed by atoms with Crippen LogP contribution in [0.5, 0.6) is 0 Å². The van der Waals surface area contributed by atoms with Gasteiger partial charge in [0.15, 0.2) is 0 Å². The quantitative estimate of drug-likeness (QED) is 0.900. The first-order valence-corrected chi connectivity index (χ1v) is 7.35. The molecule has 0 saturated heterocycles. The Bertz CT molecular complexity index is 602. The average molecular weight is 276 g/mol. The zero-order valence-corrected chi connectivity index (χ0v) is 11.4. The summed E-state index contributed by atoms with van der Waals surface area (Å²) in [4.78, 5) is 11.7. The molecule has 1 aromatic carbocycles. The molecule has 5 heteroatoms. The molecule has 1 fully saturated rings. The Morgan fingerprint density at radius 1 is 1.26 bits per heavy atom. The topological polar surface area (TPSA) is 62.2 Å². The molecule has 0 bridgehead atoms. The van der Waals surface area contributed by atoms with Gasteiger partial charge in [-0.2, -0.15) is 4.37 Å². The number of carboxylic acid groups (broad SMARTS) is 1. The number of benzene rings is 1. The van der Waals surface area contributed by atoms with Crippen molar-refractivity contribution < 1.29 is 9.90 Å². The second-order valence-corrected chi connectivity index (χ2v) is 5.88. The molecule has 0 aliphatic heterocycles. The highest BCUT2D eigenvalue weighted by Gasteiger charge is 2.40. The second kappa shape index (κ2) is 4.81. The van der Waals surface area contributed by atoms with Crippen molar-refractivity contribution in [1.82, 2.24) is 4.37 Å². The van der Waals surface area contributed by atoms with E-state index in [1.807, 2.05) is 24.3 Å². The molecular formula is C14H16N2O2S. The summed E-state index contributed by atoms with van der Waals surface area (Å²) < 4.78 is 4.36. The standard InChI is InChI=1S/C14H16N2O2S/c17-13(18)14(8-4-1-5-9-14)15-12-10-6-2-3-7-11(10)16-19-12/h2-3,6-7,15H,1,4-5,8-9H2,(H,17,18). The lowest BCUT2D eigenvalue weighted by Gasteiger charge is -2.34. The van der Waals surface area contributed by atoms with Crippen molar-refractivity contribution >= 4 is 33.4 Å². The van der Waals surface area contributed by atoms with Crippen molar-refractivity contribution in [2.24, 2.45) is 0 Å². The average Bonchev–Trinajstić information content (AvgIpc) is 2.83. The zero-order valence-electron chi connectivity index (χ0n) is 10.6. The molecule has 1 aromatic heterocycles. The Kier molecular flexibility index (Phi) is 3.14. The van der Waals surface area contributed by atoms with Gasteiger partial charge in [-0.1, -0.05) is 31.4 Å². The number of nitrogens with zero attached hydrogens (tertiary/aromatic N) is 1. The number of rotatable bonds is 3. The highest BCUT2D eigenvalue weighted by molar-refractivity contribution is 7.11. The van der Waals surface area contributed by atoms with E-state index in [4.69, 9.17) is 0 Å². The summed E-state index contributed by atoms with van der Waals surface area (Å²) in [5.41, 5.74) is 0.111. The maximum Gasteiger partial charge on any atom is 0.329 e. The van der Waals surface area contributed by atoms with Crippen molar-refractivity contribution in [3.8, 4) is 0 Å². The van der Waals surface area contributed by atoms with E-state index in [1.54, 1.807) is 0 Å². The molecule has 1 heterocycles. The van der Waals surface area contributed by atoms with E-state index in [2.05, 4.69) is 9.69 Å². The van der Waals surface area contributed by atoms with Crippen LogP contribution in [0.25, 0.3) is 10.9 Å². The minimum atomic E-state index is -0.812. The lowest BCUT2D eigenvalue weighted by atomic mass is 9.82. The fraction of sp³-hybridized carbons (Fsp3) is 0.429. The number of aliphatic carboxylic acids is 1. The molecule has 1 saturated carbocycles. The molecule has 4 nitrogen and oxygen atoms in total. The molecule has 0 spiro atoms. The van der Waals surface area contributed by atoms with Gasteiger partial charge in [-0.3, -0.25) is 0 Å². The van der Waals surface area contributed by atoms with E-state index in [0.29, 0.717) is 12.8 Å². The second-order valence-electron chi connectivity index (χ2n) is 5.10. The summed E-state index contributed by atoms with van der Waals surface area (Å²) >= 11 is 1.35. The third-order valence-corrected chi connectivity index (χ3v) is 4.65. The van der Waals surface area contributed by atoms with E-state index >= 15 is 0 Å². The lowest BCUT2D eigenvalue weighted by Crippen LogP contribution is -2.47. The summed E-state index contributed by atoms with van der Waals surface area (Å²) in [5.74, 6) is -0.746. The molecule has 1 aliphatic carbocycles. The number of hydrogen-bond acceptors (Lipinski definition) is 4. The summed E-state index contributed by atoms with van der Waals surface area (Å²) in [6.07, 6.45) is 4.44. The van der Waals surface area contributed by atoms with Gasteiger partial charge >= 0.3 is 5.97 Å². The number of carbonyl (C=O) groups is 1. The Labute approximate surface area is 115 Å². The van der Waals surface area contributed by atoms with Crippen LogP contribution >= 0.6 is 11.5 Å². The third kappa shape index (κ3) is 2.18. The molecule has 100 valence electrons. The van der Waals surface area contributed by atoms with E-state index in [-0.39, 0.29) is 0 Å². The van der Waals surface area contributed by atoms with Gasteiger partial charge in [-0.25, -0.2) is 4.79 Å². The highest BCUT2D eigenvalue weighted by atomic mass is 32.1. The minimum Gasteiger partial charge on any atom is -0.480 e. The molecule has 2 aromatic rings. The zero-order chi connectivity index (χ0) is 13.3. The maximum atomic E-state index is 11.7. The van der Waals surface area contributed by atoms with Gasteiger partial charge in [0, 0.05) is 5.39 Å². The van der Waals surface area contributed by atoms with Crippen LogP contribution in [0, 0.1) is 0 Å². The van der Waals surface area contributed by atoms with E-state index in [1.165, 1.54) is 11.5 Å². The van der Waals surface area contributed by atoms with E-state index in [9.17, 15) is 9.90 Å². The molecule has 2 N–H and O–H groups in total. The first-order chi connectivity index (χ1) is 9.21.